The minimum absolute atomic E-state index is 0.131. The minimum atomic E-state index is -2.04. The Bertz CT molecular complexity index is 2990. The second kappa shape index (κ2) is 16.4. The second-order valence-corrected chi connectivity index (χ2v) is 17.2. The summed E-state index contributed by atoms with van der Waals surface area (Å²) in [6.07, 6.45) is -4.70. The van der Waals surface area contributed by atoms with Crippen molar-refractivity contribution in [2.24, 2.45) is 0 Å². The van der Waals surface area contributed by atoms with Gasteiger partial charge in [-0.25, -0.2) is 0 Å². The van der Waals surface area contributed by atoms with Crippen molar-refractivity contribution in [1.29, 1.82) is 0 Å². The van der Waals surface area contributed by atoms with Crippen LogP contribution >= 0.6 is 0 Å². The predicted molar refractivity (Wildman–Crippen MR) is 246 cm³/mol. The number of hydrogen-bond acceptors (Lipinski definition) is 16. The van der Waals surface area contributed by atoms with Gasteiger partial charge in [-0.2, -0.15) is 0 Å². The Balaban J connectivity index is 1.21. The van der Waals surface area contributed by atoms with Crippen LogP contribution in [0.3, 0.4) is 0 Å². The highest BCUT2D eigenvalue weighted by Crippen LogP contribution is 2.68. The van der Waals surface area contributed by atoms with Gasteiger partial charge in [-0.3, -0.25) is 0 Å². The highest BCUT2D eigenvalue weighted by molar-refractivity contribution is 5.73. The molecular formula is C53H50O16. The van der Waals surface area contributed by atoms with E-state index in [4.69, 9.17) is 61.6 Å². The van der Waals surface area contributed by atoms with Crippen LogP contribution in [0.2, 0.25) is 0 Å². The largest absolute Gasteiger partial charge is 0.497 e. The molecule has 3 N–H and O–H groups in total. The maximum atomic E-state index is 13.3. The molecule has 5 aliphatic rings. The van der Waals surface area contributed by atoms with Gasteiger partial charge in [-0.1, -0.05) is 12.1 Å². The van der Waals surface area contributed by atoms with Gasteiger partial charge in [0.25, 0.3) is 0 Å². The number of methoxy groups -OCH3 is 8. The molecule has 11 rings (SSSR count). The standard InChI is InChI=1S/C53H50O16/c1-57-28-14-9-25(10-15-28)47-32(54)22-31-34(61-5)23-39-43(48(31)65-47)46-42-37(64-8)24-40-44(49(42)69-53(68-39,51(46)56)27-13-18-33(60-4)35(19-27)62-6)45-41-36(63-7)20-30(59-3)21-38(41)66-52(67-40,50(45)55)26-11-16-29(58-2)17-12-26/h9-21,23-24,32,45-47,50-51,54-56H,22H2,1-8H3/t32-,45+,46+,47+,50+,51+,52-,53+/m1/s1. The van der Waals surface area contributed by atoms with Crippen molar-refractivity contribution in [3.8, 4) is 74.7 Å². The van der Waals surface area contributed by atoms with Crippen molar-refractivity contribution >= 4 is 0 Å². The first-order valence-corrected chi connectivity index (χ1v) is 22.2. The molecule has 0 spiro atoms. The highest BCUT2D eigenvalue weighted by atomic mass is 16.7. The number of aliphatic hydroxyl groups is 3. The van der Waals surface area contributed by atoms with E-state index in [0.29, 0.717) is 96.3 Å². The first-order chi connectivity index (χ1) is 33.5. The molecule has 0 aromatic heterocycles. The number of hydrogen-bond donors (Lipinski definition) is 3. The van der Waals surface area contributed by atoms with Gasteiger partial charge in [0.2, 0.25) is 0 Å². The number of fused-ring (bicyclic) bond motifs is 15. The zero-order valence-electron chi connectivity index (χ0n) is 39.0. The van der Waals surface area contributed by atoms with Crippen molar-refractivity contribution in [3.63, 3.8) is 0 Å². The zero-order chi connectivity index (χ0) is 48.1. The number of benzene rings is 6. The lowest BCUT2D eigenvalue weighted by Gasteiger charge is -2.54. The Morgan fingerprint density at radius 1 is 0.435 bits per heavy atom. The number of ether oxygens (including phenoxy) is 13. The first-order valence-electron chi connectivity index (χ1n) is 22.2. The molecule has 0 saturated carbocycles. The van der Waals surface area contributed by atoms with E-state index in [0.717, 1.165) is 0 Å². The summed E-state index contributed by atoms with van der Waals surface area (Å²) in [6.45, 7) is 0. The molecule has 6 aromatic rings. The van der Waals surface area contributed by atoms with Crippen LogP contribution in [0.4, 0.5) is 0 Å². The molecule has 0 unspecified atom stereocenters. The highest BCUT2D eigenvalue weighted by Gasteiger charge is 2.65. The molecule has 4 bridgehead atoms. The smallest absolute Gasteiger partial charge is 0.305 e. The average molecular weight is 943 g/mol. The predicted octanol–water partition coefficient (Wildman–Crippen LogP) is 7.05. The average Bonchev–Trinajstić information content (AvgIpc) is 3.37. The molecule has 0 fully saturated rings. The summed E-state index contributed by atoms with van der Waals surface area (Å²) in [5.41, 5.74) is 3.81. The van der Waals surface area contributed by atoms with E-state index in [9.17, 15) is 15.3 Å². The van der Waals surface area contributed by atoms with Crippen molar-refractivity contribution in [3.05, 3.63) is 136 Å². The van der Waals surface area contributed by atoms with Crippen LogP contribution in [-0.4, -0.2) is 90.5 Å². The monoisotopic (exact) mass is 942 g/mol. The van der Waals surface area contributed by atoms with E-state index in [1.165, 1.54) is 42.7 Å². The molecule has 0 saturated heterocycles. The van der Waals surface area contributed by atoms with E-state index in [-0.39, 0.29) is 29.4 Å². The molecule has 16 heteroatoms. The fourth-order valence-corrected chi connectivity index (χ4v) is 10.8. The second-order valence-electron chi connectivity index (χ2n) is 17.2. The molecule has 0 aliphatic carbocycles. The fraction of sp³-hybridized carbons (Fsp3) is 0.321. The van der Waals surface area contributed by atoms with E-state index < -0.39 is 47.8 Å². The van der Waals surface area contributed by atoms with Gasteiger partial charge in [0.15, 0.2) is 11.5 Å². The van der Waals surface area contributed by atoms with Crippen LogP contribution in [0.25, 0.3) is 0 Å². The maximum absolute atomic E-state index is 13.3. The molecule has 0 radical (unpaired) electrons. The Morgan fingerprint density at radius 2 is 0.942 bits per heavy atom. The van der Waals surface area contributed by atoms with E-state index in [1.54, 1.807) is 93.1 Å². The molecule has 16 nitrogen and oxygen atoms in total. The SMILES string of the molecule is COc1ccc([C@@H]2Oc3c(c(OC)cc4c3[C@@H]3c5c(OC)cc6c(c5O[C@](c5ccc(OC)c(OC)c5)(O4)[C@H]3O)[C@@H]3c4c(OC)cc(OC)cc4O[C@](c4ccc(OC)cc4)(O6)[C@H]3O)C[C@H]2O)cc1. The van der Waals surface area contributed by atoms with Gasteiger partial charge in [-0.15, -0.1) is 0 Å². The summed E-state index contributed by atoms with van der Waals surface area (Å²) in [5, 5.41) is 38.2. The third-order valence-electron chi connectivity index (χ3n) is 14.0. The number of rotatable bonds is 11. The Labute approximate surface area is 397 Å². The van der Waals surface area contributed by atoms with Gasteiger partial charge in [0, 0.05) is 69.6 Å². The molecule has 6 aromatic carbocycles. The molecule has 0 amide bonds. The topological polar surface area (TPSA) is 181 Å². The fourth-order valence-electron chi connectivity index (χ4n) is 10.8. The van der Waals surface area contributed by atoms with Gasteiger partial charge < -0.3 is 76.9 Å². The minimum Gasteiger partial charge on any atom is -0.497 e. The molecule has 358 valence electrons. The molecular weight excluding hydrogens is 893 g/mol. The molecule has 69 heavy (non-hydrogen) atoms. The maximum Gasteiger partial charge on any atom is 0.305 e. The van der Waals surface area contributed by atoms with E-state index in [1.807, 2.05) is 12.1 Å². The lowest BCUT2D eigenvalue weighted by atomic mass is 9.70. The lowest BCUT2D eigenvalue weighted by Crippen LogP contribution is -2.60. The van der Waals surface area contributed by atoms with Crippen LogP contribution in [0.1, 0.15) is 62.4 Å². The van der Waals surface area contributed by atoms with Gasteiger partial charge >= 0.3 is 11.6 Å². The van der Waals surface area contributed by atoms with E-state index in [2.05, 4.69) is 0 Å². The summed E-state index contributed by atoms with van der Waals surface area (Å²) in [7, 11) is 12.3. The van der Waals surface area contributed by atoms with Crippen molar-refractivity contribution in [2.45, 2.75) is 54.2 Å². The van der Waals surface area contributed by atoms with Crippen LogP contribution < -0.4 is 61.6 Å². The summed E-state index contributed by atoms with van der Waals surface area (Å²) in [6, 6.07) is 26.3. The lowest BCUT2D eigenvalue weighted by molar-refractivity contribution is -0.227. The quantitative estimate of drug-likeness (QED) is 0.120. The number of aliphatic hydroxyl groups excluding tert-OH is 3. The van der Waals surface area contributed by atoms with Crippen LogP contribution in [0.5, 0.6) is 74.7 Å². The summed E-state index contributed by atoms with van der Waals surface area (Å²) >= 11 is 0. The Morgan fingerprint density at radius 3 is 1.54 bits per heavy atom. The zero-order valence-corrected chi connectivity index (χ0v) is 39.0. The summed E-state index contributed by atoms with van der Waals surface area (Å²) in [4.78, 5) is 0. The van der Waals surface area contributed by atoms with Gasteiger partial charge in [0.05, 0.1) is 74.8 Å². The summed E-state index contributed by atoms with van der Waals surface area (Å²) in [5.74, 6) is -1.12. The van der Waals surface area contributed by atoms with Crippen LogP contribution in [-0.2, 0) is 18.0 Å². The third kappa shape index (κ3) is 6.31. The normalized spacial score (nSPS) is 25.1. The Hall–Kier alpha value is -7.40. The van der Waals surface area contributed by atoms with E-state index >= 15 is 0 Å². The first kappa shape index (κ1) is 44.1. The van der Waals surface area contributed by atoms with Gasteiger partial charge in [-0.05, 0) is 60.2 Å². The molecule has 5 heterocycles. The molecule has 8 atom stereocenters. The summed E-state index contributed by atoms with van der Waals surface area (Å²) < 4.78 is 81.8. The third-order valence-corrected chi connectivity index (χ3v) is 14.0. The van der Waals surface area contributed by atoms with Crippen molar-refractivity contribution < 1.29 is 76.9 Å². The van der Waals surface area contributed by atoms with Crippen molar-refractivity contribution in [1.82, 2.24) is 0 Å². The van der Waals surface area contributed by atoms with Gasteiger partial charge in [0.1, 0.15) is 81.6 Å². The Kier molecular flexibility index (Phi) is 10.5. The van der Waals surface area contributed by atoms with Crippen LogP contribution in [0.15, 0.2) is 91.0 Å². The van der Waals surface area contributed by atoms with Crippen LogP contribution in [0, 0.1) is 0 Å². The van der Waals surface area contributed by atoms with Crippen molar-refractivity contribution in [2.75, 3.05) is 56.9 Å². The molecule has 5 aliphatic heterocycles.